The summed E-state index contributed by atoms with van der Waals surface area (Å²) in [6, 6.07) is 10.2. The van der Waals surface area contributed by atoms with Crippen molar-refractivity contribution in [2.24, 2.45) is 0 Å². The SMILES string of the molecule is Nc1ccc(-c2cc(Cl)c(Cl)c(Cl)c2)c(-c2cc(Cl)c(Cl)c(Cl)c2)n1. The molecule has 1 heterocycles. The summed E-state index contributed by atoms with van der Waals surface area (Å²) < 4.78 is 0. The quantitative estimate of drug-likeness (QED) is 0.401. The maximum Gasteiger partial charge on any atom is 0.124 e. The number of rotatable bonds is 2. The Balaban J connectivity index is 2.27. The second-order valence-corrected chi connectivity index (χ2v) is 7.52. The van der Waals surface area contributed by atoms with Crippen molar-refractivity contribution in [2.75, 3.05) is 5.73 Å². The Hall–Kier alpha value is -0.870. The molecule has 2 aromatic carbocycles. The molecule has 0 bridgehead atoms. The van der Waals surface area contributed by atoms with E-state index in [0.717, 1.165) is 11.1 Å². The Bertz CT molecular complexity index is 941. The molecule has 25 heavy (non-hydrogen) atoms. The first-order valence-corrected chi connectivity index (χ1v) is 9.11. The number of nitrogens with two attached hydrogens (primary N) is 1. The van der Waals surface area contributed by atoms with Crippen LogP contribution in [-0.4, -0.2) is 4.98 Å². The summed E-state index contributed by atoms with van der Waals surface area (Å²) in [5.41, 5.74) is 8.54. The average Bonchev–Trinajstić information content (AvgIpc) is 2.56. The van der Waals surface area contributed by atoms with E-state index in [2.05, 4.69) is 4.98 Å². The lowest BCUT2D eigenvalue weighted by molar-refractivity contribution is 1.33. The summed E-state index contributed by atoms with van der Waals surface area (Å²) in [7, 11) is 0. The average molecular weight is 453 g/mol. The minimum Gasteiger partial charge on any atom is -0.384 e. The lowest BCUT2D eigenvalue weighted by Gasteiger charge is -2.13. The predicted molar refractivity (Wildman–Crippen MR) is 110 cm³/mol. The van der Waals surface area contributed by atoms with Crippen molar-refractivity contribution in [1.29, 1.82) is 0 Å². The molecule has 2 N–H and O–H groups in total. The summed E-state index contributed by atoms with van der Waals surface area (Å²) in [5.74, 6) is 0.340. The summed E-state index contributed by atoms with van der Waals surface area (Å²) in [4.78, 5) is 4.41. The zero-order chi connectivity index (χ0) is 18.3. The Morgan fingerprint density at radius 3 is 1.56 bits per heavy atom. The number of aromatic nitrogens is 1. The van der Waals surface area contributed by atoms with Gasteiger partial charge < -0.3 is 5.73 Å². The van der Waals surface area contributed by atoms with Gasteiger partial charge in [-0.15, -0.1) is 0 Å². The normalized spacial score (nSPS) is 11.0. The predicted octanol–water partition coefficient (Wildman–Crippen LogP) is 7.92. The Kier molecular flexibility index (Phi) is 5.60. The number of halogens is 6. The molecule has 3 rings (SSSR count). The minimum atomic E-state index is 0.273. The molecule has 0 amide bonds. The highest BCUT2D eigenvalue weighted by Gasteiger charge is 2.16. The number of nitrogen functional groups attached to an aromatic ring is 1. The smallest absolute Gasteiger partial charge is 0.124 e. The molecule has 0 unspecified atom stereocenters. The van der Waals surface area contributed by atoms with E-state index >= 15 is 0 Å². The van der Waals surface area contributed by atoms with Gasteiger partial charge in [-0.3, -0.25) is 0 Å². The maximum absolute atomic E-state index is 6.15. The van der Waals surface area contributed by atoms with Gasteiger partial charge in [0.2, 0.25) is 0 Å². The second-order valence-electron chi connectivity index (χ2n) is 5.14. The number of nitrogens with zero attached hydrogens (tertiary/aromatic N) is 1. The molecule has 0 aliphatic carbocycles. The van der Waals surface area contributed by atoms with Crippen LogP contribution in [0.3, 0.4) is 0 Å². The molecule has 0 aliphatic heterocycles. The summed E-state index contributed by atoms with van der Waals surface area (Å²) in [6.07, 6.45) is 0. The molecular weight excluding hydrogens is 445 g/mol. The van der Waals surface area contributed by atoms with Crippen LogP contribution in [0, 0.1) is 0 Å². The van der Waals surface area contributed by atoms with Crippen LogP contribution in [0.5, 0.6) is 0 Å². The van der Waals surface area contributed by atoms with Gasteiger partial charge in [-0.1, -0.05) is 69.6 Å². The first-order valence-electron chi connectivity index (χ1n) is 6.84. The van der Waals surface area contributed by atoms with Gasteiger partial charge in [-0.25, -0.2) is 4.98 Å². The first kappa shape index (κ1) is 18.9. The monoisotopic (exact) mass is 450 g/mol. The fraction of sp³-hybridized carbons (Fsp3) is 0. The fourth-order valence-electron chi connectivity index (χ4n) is 2.33. The third-order valence-electron chi connectivity index (χ3n) is 3.47. The van der Waals surface area contributed by atoms with E-state index in [1.54, 1.807) is 30.3 Å². The van der Waals surface area contributed by atoms with E-state index in [-0.39, 0.29) is 10.0 Å². The molecule has 0 aliphatic rings. The van der Waals surface area contributed by atoms with Gasteiger partial charge in [0.05, 0.1) is 35.8 Å². The van der Waals surface area contributed by atoms with Crippen molar-refractivity contribution < 1.29 is 0 Å². The zero-order valence-electron chi connectivity index (χ0n) is 12.3. The van der Waals surface area contributed by atoms with Gasteiger partial charge in [0, 0.05) is 11.1 Å². The van der Waals surface area contributed by atoms with Crippen LogP contribution >= 0.6 is 69.6 Å². The highest BCUT2D eigenvalue weighted by atomic mass is 35.5. The van der Waals surface area contributed by atoms with Crippen LogP contribution in [0.4, 0.5) is 5.82 Å². The van der Waals surface area contributed by atoms with Gasteiger partial charge in [0.15, 0.2) is 0 Å². The molecule has 8 heteroatoms. The molecule has 0 saturated heterocycles. The van der Waals surface area contributed by atoms with Crippen LogP contribution in [-0.2, 0) is 0 Å². The van der Waals surface area contributed by atoms with Gasteiger partial charge in [0.1, 0.15) is 5.82 Å². The number of hydrogen-bond donors (Lipinski definition) is 1. The number of benzene rings is 2. The topological polar surface area (TPSA) is 38.9 Å². The van der Waals surface area contributed by atoms with Crippen molar-refractivity contribution in [3.05, 3.63) is 66.5 Å². The minimum absolute atomic E-state index is 0.273. The van der Waals surface area contributed by atoms with E-state index < -0.39 is 0 Å². The van der Waals surface area contributed by atoms with Crippen LogP contribution in [0.25, 0.3) is 22.4 Å². The molecule has 0 spiro atoms. The Labute approximate surface area is 174 Å². The van der Waals surface area contributed by atoms with E-state index in [1.165, 1.54) is 0 Å². The van der Waals surface area contributed by atoms with Crippen LogP contribution < -0.4 is 5.73 Å². The van der Waals surface area contributed by atoms with Crippen molar-refractivity contribution in [1.82, 2.24) is 4.98 Å². The van der Waals surface area contributed by atoms with E-state index in [1.807, 2.05) is 6.07 Å². The molecule has 0 saturated carbocycles. The molecule has 0 atom stereocenters. The lowest BCUT2D eigenvalue weighted by Crippen LogP contribution is -1.96. The van der Waals surface area contributed by atoms with E-state index in [9.17, 15) is 0 Å². The van der Waals surface area contributed by atoms with Crippen LogP contribution in [0.15, 0.2) is 36.4 Å². The van der Waals surface area contributed by atoms with Crippen molar-refractivity contribution in [3.8, 4) is 22.4 Å². The highest BCUT2D eigenvalue weighted by Crippen LogP contribution is 2.41. The van der Waals surface area contributed by atoms with Crippen LogP contribution in [0.1, 0.15) is 0 Å². The van der Waals surface area contributed by atoms with Gasteiger partial charge in [-0.05, 0) is 42.0 Å². The summed E-state index contributed by atoms with van der Waals surface area (Å²) >= 11 is 36.6. The maximum atomic E-state index is 6.15. The van der Waals surface area contributed by atoms with Crippen molar-refractivity contribution in [2.45, 2.75) is 0 Å². The number of pyridine rings is 1. The number of hydrogen-bond acceptors (Lipinski definition) is 2. The largest absolute Gasteiger partial charge is 0.384 e. The zero-order valence-corrected chi connectivity index (χ0v) is 16.8. The highest BCUT2D eigenvalue weighted by molar-refractivity contribution is 6.49. The van der Waals surface area contributed by atoms with Crippen molar-refractivity contribution in [3.63, 3.8) is 0 Å². The van der Waals surface area contributed by atoms with Gasteiger partial charge >= 0.3 is 0 Å². The van der Waals surface area contributed by atoms with Crippen molar-refractivity contribution >= 4 is 75.4 Å². The first-order chi connectivity index (χ1) is 11.8. The standard InChI is InChI=1S/C17H8Cl6N2/c18-10-3-7(4-11(19)15(10)22)9-1-2-14(24)25-17(9)8-5-12(20)16(23)13(21)6-8/h1-6H,(H2,24,25). The Morgan fingerprint density at radius 1 is 0.640 bits per heavy atom. The third kappa shape index (κ3) is 3.80. The molecule has 2 nitrogen and oxygen atoms in total. The molecule has 0 fully saturated rings. The third-order valence-corrected chi connectivity index (χ3v) is 5.86. The number of anilines is 1. The summed E-state index contributed by atoms with van der Waals surface area (Å²) in [5, 5.41) is 1.85. The lowest BCUT2D eigenvalue weighted by atomic mass is 9.99. The van der Waals surface area contributed by atoms with E-state index in [0.29, 0.717) is 37.2 Å². The second kappa shape index (κ2) is 7.40. The molecule has 0 radical (unpaired) electrons. The van der Waals surface area contributed by atoms with Crippen LogP contribution in [0.2, 0.25) is 30.1 Å². The van der Waals surface area contributed by atoms with Gasteiger partial charge in [-0.2, -0.15) is 0 Å². The molecule has 128 valence electrons. The molecular formula is C17H8Cl6N2. The Morgan fingerprint density at radius 2 is 1.08 bits per heavy atom. The summed E-state index contributed by atoms with van der Waals surface area (Å²) in [6.45, 7) is 0. The molecule has 1 aromatic heterocycles. The van der Waals surface area contributed by atoms with E-state index in [4.69, 9.17) is 75.3 Å². The molecule has 3 aromatic rings. The van der Waals surface area contributed by atoms with Gasteiger partial charge in [0.25, 0.3) is 0 Å². The fourth-order valence-corrected chi connectivity index (χ4v) is 3.52.